The van der Waals surface area contributed by atoms with Gasteiger partial charge in [-0.25, -0.2) is 9.97 Å². The fraction of sp³-hybridized carbons (Fsp3) is 0.636. The lowest BCUT2D eigenvalue weighted by Gasteiger charge is -2.24. The van der Waals surface area contributed by atoms with E-state index >= 15 is 0 Å². The molecule has 0 aliphatic carbocycles. The van der Waals surface area contributed by atoms with Gasteiger partial charge in [-0.3, -0.25) is 0 Å². The van der Waals surface area contributed by atoms with Crippen molar-refractivity contribution in [3.05, 3.63) is 18.1 Å². The predicted octanol–water partition coefficient (Wildman–Crippen LogP) is 1.29. The van der Waals surface area contributed by atoms with Gasteiger partial charge in [-0.2, -0.15) is 13.2 Å². The first-order valence-corrected chi connectivity index (χ1v) is 5.92. The van der Waals surface area contributed by atoms with Gasteiger partial charge >= 0.3 is 6.18 Å². The summed E-state index contributed by atoms with van der Waals surface area (Å²) in [6.45, 7) is 2.53. The Kier molecular flexibility index (Phi) is 2.65. The van der Waals surface area contributed by atoms with Crippen LogP contribution in [0.15, 0.2) is 12.4 Å². The first-order chi connectivity index (χ1) is 8.55. The number of alkyl halides is 3. The standard InChI is InChI=1S/C11H13F3N4/c12-11(13,14)9-3-10(17-6-16-9)18-2-1-7-4-15-5-8(7)18/h3,6-8,15H,1-2,4-5H2/t7-,8+/m1/s1. The number of halogens is 3. The zero-order chi connectivity index (χ0) is 12.8. The number of hydrogen-bond acceptors (Lipinski definition) is 4. The summed E-state index contributed by atoms with van der Waals surface area (Å²) in [5.74, 6) is 0.905. The molecule has 0 spiro atoms. The van der Waals surface area contributed by atoms with Crippen molar-refractivity contribution in [2.75, 3.05) is 24.5 Å². The van der Waals surface area contributed by atoms with E-state index in [1.54, 1.807) is 0 Å². The number of nitrogens with one attached hydrogen (secondary N) is 1. The van der Waals surface area contributed by atoms with Gasteiger partial charge in [-0.1, -0.05) is 0 Å². The number of hydrogen-bond donors (Lipinski definition) is 1. The highest BCUT2D eigenvalue weighted by Gasteiger charge is 2.39. The Morgan fingerprint density at radius 1 is 1.28 bits per heavy atom. The van der Waals surface area contributed by atoms with Crippen LogP contribution >= 0.6 is 0 Å². The summed E-state index contributed by atoms with van der Waals surface area (Å²) >= 11 is 0. The van der Waals surface area contributed by atoms with Crippen LogP contribution in [0.5, 0.6) is 0 Å². The van der Waals surface area contributed by atoms with Crippen LogP contribution in [0.4, 0.5) is 19.0 Å². The van der Waals surface area contributed by atoms with E-state index in [9.17, 15) is 13.2 Å². The molecule has 0 bridgehead atoms. The molecule has 0 unspecified atom stereocenters. The molecule has 1 aromatic rings. The third-order valence-electron chi connectivity index (χ3n) is 3.68. The molecule has 3 rings (SSSR count). The van der Waals surface area contributed by atoms with Crippen molar-refractivity contribution < 1.29 is 13.2 Å². The molecule has 98 valence electrons. The van der Waals surface area contributed by atoms with Crippen molar-refractivity contribution in [2.45, 2.75) is 18.6 Å². The molecule has 4 nitrogen and oxygen atoms in total. The van der Waals surface area contributed by atoms with Crippen molar-refractivity contribution in [1.82, 2.24) is 15.3 Å². The van der Waals surface area contributed by atoms with Crippen molar-refractivity contribution in [3.63, 3.8) is 0 Å². The number of rotatable bonds is 1. The highest BCUT2D eigenvalue weighted by molar-refractivity contribution is 5.43. The van der Waals surface area contributed by atoms with Crippen LogP contribution in [0.25, 0.3) is 0 Å². The van der Waals surface area contributed by atoms with Crippen molar-refractivity contribution >= 4 is 5.82 Å². The van der Waals surface area contributed by atoms with Gasteiger partial charge in [0.2, 0.25) is 0 Å². The number of fused-ring (bicyclic) bond motifs is 1. The van der Waals surface area contributed by atoms with Crippen LogP contribution in [-0.4, -0.2) is 35.6 Å². The van der Waals surface area contributed by atoms with Crippen molar-refractivity contribution in [2.24, 2.45) is 5.92 Å². The Morgan fingerprint density at radius 2 is 2.11 bits per heavy atom. The molecule has 7 heteroatoms. The van der Waals surface area contributed by atoms with Crippen LogP contribution in [-0.2, 0) is 6.18 Å². The lowest BCUT2D eigenvalue weighted by atomic mass is 10.1. The lowest BCUT2D eigenvalue weighted by molar-refractivity contribution is -0.141. The van der Waals surface area contributed by atoms with Gasteiger partial charge in [-0.05, 0) is 12.3 Å². The Balaban J connectivity index is 1.88. The third-order valence-corrected chi connectivity index (χ3v) is 3.68. The topological polar surface area (TPSA) is 41.0 Å². The highest BCUT2D eigenvalue weighted by Crippen LogP contribution is 2.33. The van der Waals surface area contributed by atoms with Crippen LogP contribution in [0.2, 0.25) is 0 Å². The molecule has 0 aromatic carbocycles. The summed E-state index contributed by atoms with van der Waals surface area (Å²) in [4.78, 5) is 9.23. The zero-order valence-corrected chi connectivity index (χ0v) is 9.61. The molecule has 1 aromatic heterocycles. The maximum atomic E-state index is 12.6. The fourth-order valence-electron chi connectivity index (χ4n) is 2.79. The van der Waals surface area contributed by atoms with E-state index in [4.69, 9.17) is 0 Å². The van der Waals surface area contributed by atoms with Gasteiger partial charge in [-0.15, -0.1) is 0 Å². The lowest BCUT2D eigenvalue weighted by Crippen LogP contribution is -2.35. The first-order valence-electron chi connectivity index (χ1n) is 5.92. The summed E-state index contributed by atoms with van der Waals surface area (Å²) in [5.41, 5.74) is -0.873. The molecule has 0 saturated carbocycles. The zero-order valence-electron chi connectivity index (χ0n) is 9.61. The van der Waals surface area contributed by atoms with E-state index in [0.29, 0.717) is 11.7 Å². The average Bonchev–Trinajstić information content (AvgIpc) is 2.89. The van der Waals surface area contributed by atoms with Crippen LogP contribution in [0.3, 0.4) is 0 Å². The first kappa shape index (κ1) is 11.7. The van der Waals surface area contributed by atoms with Crippen LogP contribution in [0.1, 0.15) is 12.1 Å². The molecule has 2 aliphatic rings. The van der Waals surface area contributed by atoms with E-state index in [0.717, 1.165) is 38.4 Å². The summed E-state index contributed by atoms with van der Waals surface area (Å²) < 4.78 is 37.8. The maximum Gasteiger partial charge on any atom is 0.433 e. The second-order valence-electron chi connectivity index (χ2n) is 4.73. The van der Waals surface area contributed by atoms with E-state index in [-0.39, 0.29) is 6.04 Å². The monoisotopic (exact) mass is 258 g/mol. The number of aromatic nitrogens is 2. The van der Waals surface area contributed by atoms with Crippen molar-refractivity contribution in [3.8, 4) is 0 Å². The quantitative estimate of drug-likeness (QED) is 0.824. The Morgan fingerprint density at radius 3 is 2.89 bits per heavy atom. The molecule has 2 atom stereocenters. The predicted molar refractivity (Wildman–Crippen MR) is 59.1 cm³/mol. The molecule has 3 heterocycles. The normalized spacial score (nSPS) is 27.6. The van der Waals surface area contributed by atoms with Gasteiger partial charge in [0.15, 0.2) is 0 Å². The Labute approximate surface area is 102 Å². The summed E-state index contributed by atoms with van der Waals surface area (Å²) in [6, 6.07) is 1.31. The minimum absolute atomic E-state index is 0.265. The van der Waals surface area contributed by atoms with E-state index < -0.39 is 11.9 Å². The maximum absolute atomic E-state index is 12.6. The van der Waals surface area contributed by atoms with Gasteiger partial charge in [0.05, 0.1) is 0 Å². The largest absolute Gasteiger partial charge is 0.433 e. The summed E-state index contributed by atoms with van der Waals surface area (Å²) in [5, 5.41) is 3.26. The molecule has 18 heavy (non-hydrogen) atoms. The average molecular weight is 258 g/mol. The third kappa shape index (κ3) is 1.92. The minimum Gasteiger partial charge on any atom is -0.352 e. The minimum atomic E-state index is -4.41. The van der Waals surface area contributed by atoms with Gasteiger partial charge < -0.3 is 10.2 Å². The molecule has 0 amide bonds. The summed E-state index contributed by atoms with van der Waals surface area (Å²) in [6.07, 6.45) is -2.42. The summed E-state index contributed by atoms with van der Waals surface area (Å²) in [7, 11) is 0. The van der Waals surface area contributed by atoms with E-state index in [2.05, 4.69) is 15.3 Å². The van der Waals surface area contributed by atoms with Gasteiger partial charge in [0, 0.05) is 31.7 Å². The molecular weight excluding hydrogens is 245 g/mol. The molecule has 2 saturated heterocycles. The molecule has 1 N–H and O–H groups in total. The number of anilines is 1. The second-order valence-corrected chi connectivity index (χ2v) is 4.73. The van der Waals surface area contributed by atoms with E-state index in [1.165, 1.54) is 0 Å². The molecular formula is C11H13F3N4. The smallest absolute Gasteiger partial charge is 0.352 e. The van der Waals surface area contributed by atoms with Crippen LogP contribution < -0.4 is 10.2 Å². The Hall–Kier alpha value is -1.37. The molecule has 2 fully saturated rings. The Bertz CT molecular complexity index is 448. The highest BCUT2D eigenvalue weighted by atomic mass is 19.4. The SMILES string of the molecule is FC(F)(F)c1cc(N2CC[C@@H]3CNC[C@@H]32)ncn1. The van der Waals surface area contributed by atoms with Crippen molar-refractivity contribution in [1.29, 1.82) is 0 Å². The molecule has 2 aliphatic heterocycles. The van der Waals surface area contributed by atoms with Gasteiger partial charge in [0.1, 0.15) is 17.8 Å². The van der Waals surface area contributed by atoms with Crippen LogP contribution in [0, 0.1) is 5.92 Å². The number of nitrogens with zero attached hydrogens (tertiary/aromatic N) is 3. The molecule has 0 radical (unpaired) electrons. The fourth-order valence-corrected chi connectivity index (χ4v) is 2.79. The van der Waals surface area contributed by atoms with Gasteiger partial charge in [0.25, 0.3) is 0 Å². The van der Waals surface area contributed by atoms with E-state index in [1.807, 2.05) is 4.90 Å². The second kappa shape index (κ2) is 4.08.